The van der Waals surface area contributed by atoms with Crippen molar-refractivity contribution in [1.82, 2.24) is 19.9 Å². The zero-order valence-corrected chi connectivity index (χ0v) is 49.6. The lowest BCUT2D eigenvalue weighted by Gasteiger charge is -2.04. The van der Waals surface area contributed by atoms with E-state index in [1.807, 2.05) is 42.5 Å². The van der Waals surface area contributed by atoms with E-state index in [9.17, 15) is 0 Å². The number of hydrogen-bond acceptors (Lipinski definition) is 10. The topological polar surface area (TPSA) is 130 Å². The molecule has 0 radical (unpaired) electrons. The Balaban J connectivity index is 0.000000126. The Labute approximate surface area is 530 Å². The molecule has 0 amide bonds. The fourth-order valence-corrected chi connectivity index (χ4v) is 14.7. The molecule has 0 fully saturated rings. The third-order valence-electron chi connectivity index (χ3n) is 19.1. The quantitative estimate of drug-likeness (QED) is 0.168. The van der Waals surface area contributed by atoms with Gasteiger partial charge in [-0.1, -0.05) is 194 Å². The zero-order valence-electron chi connectivity index (χ0n) is 49.6. The first kappa shape index (κ1) is 50.9. The summed E-state index contributed by atoms with van der Waals surface area (Å²) in [5.74, 6) is 0. The van der Waals surface area contributed by atoms with Crippen molar-refractivity contribution in [3.8, 4) is 44.8 Å². The zero-order chi connectivity index (χ0) is 61.3. The molecule has 0 atom stereocenters. The van der Waals surface area contributed by atoms with Crippen molar-refractivity contribution in [2.24, 2.45) is 0 Å². The second-order valence-electron chi connectivity index (χ2n) is 24.2. The van der Waals surface area contributed by atoms with Gasteiger partial charge in [0, 0.05) is 86.9 Å². The molecular formula is C84H44N4O6. The molecule has 94 heavy (non-hydrogen) atoms. The van der Waals surface area contributed by atoms with Gasteiger partial charge in [-0.2, -0.15) is 0 Å². The maximum Gasteiger partial charge on any atom is 0.246 e. The molecule has 0 bridgehead atoms. The van der Waals surface area contributed by atoms with Crippen LogP contribution in [0.2, 0.25) is 0 Å². The summed E-state index contributed by atoms with van der Waals surface area (Å²) in [4.78, 5) is 19.7. The third kappa shape index (κ3) is 7.41. The van der Waals surface area contributed by atoms with Crippen LogP contribution in [0, 0.1) is 0 Å². The number of furan rings is 6. The molecule has 0 saturated carbocycles. The van der Waals surface area contributed by atoms with Gasteiger partial charge in [0.2, 0.25) is 11.4 Å². The highest BCUT2D eigenvalue weighted by Crippen LogP contribution is 2.46. The molecule has 0 spiro atoms. The molecule has 14 aromatic carbocycles. The van der Waals surface area contributed by atoms with E-state index in [2.05, 4.69) is 212 Å². The van der Waals surface area contributed by atoms with Gasteiger partial charge < -0.3 is 26.5 Å². The molecule has 0 unspecified atom stereocenters. The van der Waals surface area contributed by atoms with Crippen molar-refractivity contribution < 1.29 is 26.5 Å². The van der Waals surface area contributed by atoms with E-state index in [1.165, 1.54) is 21.5 Å². The maximum atomic E-state index is 6.64. The van der Waals surface area contributed by atoms with Crippen LogP contribution in [-0.2, 0) is 0 Å². The summed E-state index contributed by atoms with van der Waals surface area (Å²) < 4.78 is 38.6. The molecular weight excluding hydrogens is 1160 g/mol. The molecule has 22 rings (SSSR count). The van der Waals surface area contributed by atoms with Gasteiger partial charge in [-0.15, -0.1) is 0 Å². The maximum absolute atomic E-state index is 6.64. The van der Waals surface area contributed by atoms with Crippen LogP contribution >= 0.6 is 0 Å². The van der Waals surface area contributed by atoms with Crippen molar-refractivity contribution in [2.45, 2.75) is 0 Å². The van der Waals surface area contributed by atoms with Crippen LogP contribution in [0.4, 0.5) is 0 Å². The van der Waals surface area contributed by atoms with Gasteiger partial charge in [-0.25, -0.2) is 19.9 Å². The Kier molecular flexibility index (Phi) is 10.4. The minimum Gasteiger partial charge on any atom is -0.455 e. The average molecular weight is 1210 g/mol. The molecule has 10 heteroatoms. The van der Waals surface area contributed by atoms with E-state index in [0.29, 0.717) is 22.5 Å². The van der Waals surface area contributed by atoms with Crippen LogP contribution < -0.4 is 0 Å². The lowest BCUT2D eigenvalue weighted by atomic mass is 9.99. The normalized spacial score (nSPS) is 12.3. The minimum absolute atomic E-state index is 0.497. The molecule has 0 aliphatic rings. The summed E-state index contributed by atoms with van der Waals surface area (Å²) in [6.45, 7) is 0. The van der Waals surface area contributed by atoms with Crippen LogP contribution in [0.15, 0.2) is 294 Å². The van der Waals surface area contributed by atoms with E-state index in [1.54, 1.807) is 12.4 Å². The summed E-state index contributed by atoms with van der Waals surface area (Å²) in [7, 11) is 0. The monoisotopic (exact) mass is 1200 g/mol. The highest BCUT2D eigenvalue weighted by molar-refractivity contribution is 6.24. The Morgan fingerprint density at radius 3 is 1.05 bits per heavy atom. The predicted molar refractivity (Wildman–Crippen MR) is 380 cm³/mol. The van der Waals surface area contributed by atoms with Gasteiger partial charge in [0.1, 0.15) is 66.9 Å². The van der Waals surface area contributed by atoms with Gasteiger partial charge in [0.15, 0.2) is 0 Å². The van der Waals surface area contributed by atoms with Crippen LogP contribution in [-0.4, -0.2) is 19.9 Å². The van der Waals surface area contributed by atoms with Crippen molar-refractivity contribution in [1.29, 1.82) is 0 Å². The molecule has 8 heterocycles. The van der Waals surface area contributed by atoms with Crippen molar-refractivity contribution >= 4 is 175 Å². The number of rotatable bonds is 4. The number of nitrogens with zero attached hydrogens (tertiary/aromatic N) is 4. The first-order valence-corrected chi connectivity index (χ1v) is 31.3. The number of para-hydroxylation sites is 4. The molecule has 0 saturated heterocycles. The summed E-state index contributed by atoms with van der Waals surface area (Å²) in [5, 5.41) is 19.8. The number of aromatic nitrogens is 4. The number of benzene rings is 14. The van der Waals surface area contributed by atoms with E-state index in [-0.39, 0.29) is 0 Å². The summed E-state index contributed by atoms with van der Waals surface area (Å²) in [6.07, 6.45) is 3.54. The summed E-state index contributed by atoms with van der Waals surface area (Å²) in [5.41, 5.74) is 18.0. The Morgan fingerprint density at radius 1 is 0.223 bits per heavy atom. The van der Waals surface area contributed by atoms with Crippen LogP contribution in [0.1, 0.15) is 0 Å². The highest BCUT2D eigenvalue weighted by Gasteiger charge is 2.23. The Morgan fingerprint density at radius 2 is 0.574 bits per heavy atom. The van der Waals surface area contributed by atoms with Gasteiger partial charge in [-0.3, -0.25) is 0 Å². The highest BCUT2D eigenvalue weighted by atomic mass is 16.4. The second kappa shape index (κ2) is 19.3. The predicted octanol–water partition coefficient (Wildman–Crippen LogP) is 23.6. The Hall–Kier alpha value is -12.9. The van der Waals surface area contributed by atoms with Crippen molar-refractivity contribution in [3.05, 3.63) is 267 Å². The third-order valence-corrected chi connectivity index (χ3v) is 19.1. The van der Waals surface area contributed by atoms with Gasteiger partial charge in [-0.05, 0) is 104 Å². The first-order chi connectivity index (χ1) is 46.6. The summed E-state index contributed by atoms with van der Waals surface area (Å²) in [6, 6.07) is 88.0. The molecule has 22 aromatic rings. The molecule has 8 aromatic heterocycles. The molecule has 436 valence electrons. The van der Waals surface area contributed by atoms with Crippen molar-refractivity contribution in [2.75, 3.05) is 0 Å². The second-order valence-corrected chi connectivity index (χ2v) is 24.2. The first-order valence-electron chi connectivity index (χ1n) is 31.3. The largest absolute Gasteiger partial charge is 0.455 e. The van der Waals surface area contributed by atoms with E-state index in [0.717, 1.165) is 176 Å². The standard InChI is InChI=1S/2C42H22N2O3/c1-3-9-26-23(7-1)15-19-35-37(26)30-13-5-11-28(40(30)45-35)25-17-18-34-32(21-25)39-42(47-34)43-22-33(44-39)29-12-6-14-31-38-27-10-4-2-8-24(27)16-20-36(38)46-41(29)31;1-3-9-26-23(7-1)15-18-31-29-12-5-11-28(40(29)46-38(26)31)25-17-20-36-34(21-25)37-42(45-36)43-22-35(44-37)33-14-6-13-30-32-19-16-24-8-2-4-10-27(24)39(32)47-41(30)33/h2*1-22H. The SMILES string of the molecule is c1ccc2c(c1)ccc1c3cccc(-c4ccc5oc6ncc(-c7cccc8c7oc7c9ccccc9ccc87)nc6c5c4)c3oc21.c1ccc2c(c1)ccc1oc3c(-c4ccc5oc6ncc(-c7cccc8c7oc7ccc9ccccc9c78)nc6c5c4)cccc3c12. The van der Waals surface area contributed by atoms with E-state index < -0.39 is 0 Å². The summed E-state index contributed by atoms with van der Waals surface area (Å²) >= 11 is 0. The van der Waals surface area contributed by atoms with Crippen molar-refractivity contribution in [3.63, 3.8) is 0 Å². The Bertz CT molecular complexity index is 6460. The molecule has 10 nitrogen and oxygen atoms in total. The van der Waals surface area contributed by atoms with E-state index in [4.69, 9.17) is 46.4 Å². The number of fused-ring (bicyclic) bond motifs is 26. The van der Waals surface area contributed by atoms with E-state index >= 15 is 0 Å². The smallest absolute Gasteiger partial charge is 0.246 e. The lowest BCUT2D eigenvalue weighted by molar-refractivity contribution is 0.652. The van der Waals surface area contributed by atoms with Gasteiger partial charge in [0.25, 0.3) is 0 Å². The van der Waals surface area contributed by atoms with Crippen LogP contribution in [0.5, 0.6) is 0 Å². The molecule has 0 aliphatic carbocycles. The lowest BCUT2D eigenvalue weighted by Crippen LogP contribution is -1.87. The van der Waals surface area contributed by atoms with Crippen LogP contribution in [0.25, 0.3) is 220 Å². The van der Waals surface area contributed by atoms with Crippen LogP contribution in [0.3, 0.4) is 0 Å². The average Bonchev–Trinajstić information content (AvgIpc) is 1.62. The fourth-order valence-electron chi connectivity index (χ4n) is 14.7. The fraction of sp³-hybridized carbons (Fsp3) is 0. The minimum atomic E-state index is 0.497. The number of hydrogen-bond donors (Lipinski definition) is 0. The molecule has 0 N–H and O–H groups in total. The molecule has 0 aliphatic heterocycles. The van der Waals surface area contributed by atoms with Gasteiger partial charge >= 0.3 is 0 Å². The van der Waals surface area contributed by atoms with Gasteiger partial charge in [0.05, 0.1) is 23.8 Å².